The molecule has 6 nitrogen and oxygen atoms in total. The number of anilines is 1. The van der Waals surface area contributed by atoms with Gasteiger partial charge in [-0.15, -0.1) is 10.2 Å². The van der Waals surface area contributed by atoms with Gasteiger partial charge in [0.05, 0.1) is 10.0 Å². The molecule has 1 amide bonds. The maximum Gasteiger partial charge on any atom is 0.276 e. The second-order valence-electron chi connectivity index (χ2n) is 3.94. The van der Waals surface area contributed by atoms with Gasteiger partial charge in [-0.05, 0) is 30.3 Å². The van der Waals surface area contributed by atoms with Gasteiger partial charge >= 0.3 is 0 Å². The van der Waals surface area contributed by atoms with Gasteiger partial charge in [0.1, 0.15) is 12.0 Å². The Labute approximate surface area is 123 Å². The Hall–Kier alpha value is -2.18. The average molecular weight is 308 g/mol. The first kappa shape index (κ1) is 12.8. The summed E-state index contributed by atoms with van der Waals surface area (Å²) in [5, 5.41) is 15.1. The van der Waals surface area contributed by atoms with Gasteiger partial charge in [-0.25, -0.2) is 0 Å². The fraction of sp³-hybridized carbons (Fsp3) is 0. The van der Waals surface area contributed by atoms with Crippen molar-refractivity contribution in [3.05, 3.63) is 52.4 Å². The summed E-state index contributed by atoms with van der Waals surface area (Å²) in [4.78, 5) is 12.1. The van der Waals surface area contributed by atoms with Crippen molar-refractivity contribution in [1.82, 2.24) is 19.8 Å². The first-order valence-electron chi connectivity index (χ1n) is 5.57. The third-order valence-corrected chi connectivity index (χ3v) is 3.31. The summed E-state index contributed by atoms with van der Waals surface area (Å²) in [5.74, 6) is -0.362. The van der Waals surface area contributed by atoms with Crippen LogP contribution in [0.1, 0.15) is 10.5 Å². The molecule has 20 heavy (non-hydrogen) atoms. The molecule has 0 atom stereocenters. The molecule has 0 saturated heterocycles. The number of rotatable bonds is 2. The molecule has 2 heterocycles. The number of fused-ring (bicyclic) bond motifs is 1. The zero-order valence-electron chi connectivity index (χ0n) is 9.92. The number of aromatic nitrogens is 4. The molecule has 0 saturated carbocycles. The van der Waals surface area contributed by atoms with E-state index < -0.39 is 0 Å². The zero-order valence-corrected chi connectivity index (χ0v) is 11.4. The third-order valence-electron chi connectivity index (χ3n) is 2.57. The lowest BCUT2D eigenvalue weighted by Gasteiger charge is -2.05. The molecular formula is C12H7Cl2N5O. The quantitative estimate of drug-likeness (QED) is 0.790. The van der Waals surface area contributed by atoms with Crippen LogP contribution < -0.4 is 5.32 Å². The number of nitrogens with zero attached hydrogens (tertiary/aromatic N) is 4. The highest BCUT2D eigenvalue weighted by Gasteiger charge is 2.10. The highest BCUT2D eigenvalue weighted by atomic mass is 35.5. The molecule has 0 radical (unpaired) electrons. The number of carbonyl (C=O) groups is 1. The van der Waals surface area contributed by atoms with Crippen LogP contribution in [-0.2, 0) is 0 Å². The van der Waals surface area contributed by atoms with Crippen molar-refractivity contribution < 1.29 is 4.79 Å². The molecule has 8 heteroatoms. The minimum Gasteiger partial charge on any atom is -0.321 e. The topological polar surface area (TPSA) is 72.2 Å². The fourth-order valence-corrected chi connectivity index (χ4v) is 1.92. The Morgan fingerprint density at radius 1 is 1.15 bits per heavy atom. The summed E-state index contributed by atoms with van der Waals surface area (Å²) in [7, 11) is 0. The van der Waals surface area contributed by atoms with Crippen LogP contribution in [0.5, 0.6) is 0 Å². The van der Waals surface area contributed by atoms with Gasteiger partial charge in [-0.1, -0.05) is 23.2 Å². The zero-order chi connectivity index (χ0) is 14.1. The maximum atomic E-state index is 12.1. The molecule has 1 N–H and O–H groups in total. The van der Waals surface area contributed by atoms with E-state index in [-0.39, 0.29) is 11.6 Å². The Balaban J connectivity index is 1.86. The number of carbonyl (C=O) groups excluding carboxylic acids is 1. The normalized spacial score (nSPS) is 10.7. The van der Waals surface area contributed by atoms with Crippen molar-refractivity contribution in [3.63, 3.8) is 0 Å². The van der Waals surface area contributed by atoms with Gasteiger partial charge < -0.3 is 5.32 Å². The number of benzene rings is 1. The number of amides is 1. The van der Waals surface area contributed by atoms with Crippen LogP contribution in [0.4, 0.5) is 5.69 Å². The smallest absolute Gasteiger partial charge is 0.276 e. The Kier molecular flexibility index (Phi) is 3.25. The SMILES string of the molecule is O=C(Nc1ccc(Cl)c(Cl)c1)c1ccc2nncn2n1. The summed E-state index contributed by atoms with van der Waals surface area (Å²) in [6.45, 7) is 0. The average Bonchev–Trinajstić information content (AvgIpc) is 2.90. The number of nitrogens with one attached hydrogen (secondary N) is 1. The van der Waals surface area contributed by atoms with E-state index in [1.165, 1.54) is 10.8 Å². The summed E-state index contributed by atoms with van der Waals surface area (Å²) in [6, 6.07) is 8.05. The molecule has 0 unspecified atom stereocenters. The van der Waals surface area contributed by atoms with Crippen LogP contribution in [0, 0.1) is 0 Å². The molecule has 1 aromatic carbocycles. The standard InChI is InChI=1S/C12H7Cl2N5O/c13-8-2-1-7(5-9(8)14)16-12(20)10-3-4-11-17-15-6-19(11)18-10/h1-6H,(H,16,20). The molecular weight excluding hydrogens is 301 g/mol. The predicted molar refractivity (Wildman–Crippen MR) is 75.2 cm³/mol. The van der Waals surface area contributed by atoms with E-state index in [9.17, 15) is 4.79 Å². The Morgan fingerprint density at radius 2 is 2.00 bits per heavy atom. The lowest BCUT2D eigenvalue weighted by molar-refractivity contribution is 0.102. The van der Waals surface area contributed by atoms with Gasteiger partial charge in [0, 0.05) is 5.69 Å². The molecule has 3 rings (SSSR count). The van der Waals surface area contributed by atoms with E-state index in [1.807, 2.05) is 0 Å². The molecule has 0 aliphatic heterocycles. The highest BCUT2D eigenvalue weighted by Crippen LogP contribution is 2.25. The summed E-state index contributed by atoms with van der Waals surface area (Å²) in [5.41, 5.74) is 1.34. The summed E-state index contributed by atoms with van der Waals surface area (Å²) in [6.07, 6.45) is 1.42. The number of hydrogen-bond acceptors (Lipinski definition) is 4. The van der Waals surface area contributed by atoms with E-state index in [0.717, 1.165) is 0 Å². The summed E-state index contributed by atoms with van der Waals surface area (Å²) >= 11 is 11.7. The molecule has 0 fully saturated rings. The van der Waals surface area contributed by atoms with E-state index in [0.29, 0.717) is 21.4 Å². The molecule has 0 aliphatic carbocycles. The van der Waals surface area contributed by atoms with Crippen LogP contribution in [-0.4, -0.2) is 25.7 Å². The van der Waals surface area contributed by atoms with E-state index in [4.69, 9.17) is 23.2 Å². The molecule has 0 aliphatic rings. The Morgan fingerprint density at radius 3 is 2.80 bits per heavy atom. The Bertz CT molecular complexity index is 801. The molecule has 0 bridgehead atoms. The van der Waals surface area contributed by atoms with Crippen LogP contribution in [0.15, 0.2) is 36.7 Å². The lowest BCUT2D eigenvalue weighted by atomic mass is 10.3. The highest BCUT2D eigenvalue weighted by molar-refractivity contribution is 6.42. The maximum absolute atomic E-state index is 12.1. The first-order chi connectivity index (χ1) is 9.63. The van der Waals surface area contributed by atoms with Crippen LogP contribution in [0.3, 0.4) is 0 Å². The first-order valence-corrected chi connectivity index (χ1v) is 6.32. The van der Waals surface area contributed by atoms with E-state index in [2.05, 4.69) is 20.6 Å². The number of halogens is 2. The van der Waals surface area contributed by atoms with Crippen molar-refractivity contribution in [2.45, 2.75) is 0 Å². The minimum absolute atomic E-state index is 0.239. The third kappa shape index (κ3) is 2.43. The number of hydrogen-bond donors (Lipinski definition) is 1. The monoisotopic (exact) mass is 307 g/mol. The van der Waals surface area contributed by atoms with Crippen molar-refractivity contribution in [2.24, 2.45) is 0 Å². The molecule has 2 aromatic heterocycles. The molecule has 100 valence electrons. The van der Waals surface area contributed by atoms with Crippen LogP contribution >= 0.6 is 23.2 Å². The van der Waals surface area contributed by atoms with Crippen molar-refractivity contribution in [1.29, 1.82) is 0 Å². The lowest BCUT2D eigenvalue weighted by Crippen LogP contribution is -2.15. The van der Waals surface area contributed by atoms with Gasteiger partial charge in [-0.3, -0.25) is 4.79 Å². The van der Waals surface area contributed by atoms with Crippen molar-refractivity contribution >= 4 is 40.4 Å². The van der Waals surface area contributed by atoms with Gasteiger partial charge in [0.25, 0.3) is 5.91 Å². The fourth-order valence-electron chi connectivity index (χ4n) is 1.62. The van der Waals surface area contributed by atoms with Crippen molar-refractivity contribution in [3.8, 4) is 0 Å². The van der Waals surface area contributed by atoms with Gasteiger partial charge in [0.15, 0.2) is 5.65 Å². The second-order valence-corrected chi connectivity index (χ2v) is 4.75. The van der Waals surface area contributed by atoms with Crippen LogP contribution in [0.2, 0.25) is 10.0 Å². The summed E-state index contributed by atoms with van der Waals surface area (Å²) < 4.78 is 1.42. The van der Waals surface area contributed by atoms with Crippen molar-refractivity contribution in [2.75, 3.05) is 5.32 Å². The minimum atomic E-state index is -0.362. The van der Waals surface area contributed by atoms with E-state index >= 15 is 0 Å². The van der Waals surface area contributed by atoms with Crippen LogP contribution in [0.25, 0.3) is 5.65 Å². The van der Waals surface area contributed by atoms with Gasteiger partial charge in [0.2, 0.25) is 0 Å². The predicted octanol–water partition coefficient (Wildman–Crippen LogP) is 2.68. The second kappa shape index (κ2) is 5.07. The largest absolute Gasteiger partial charge is 0.321 e. The molecule has 3 aromatic rings. The van der Waals surface area contributed by atoms with E-state index in [1.54, 1.807) is 30.3 Å². The molecule has 0 spiro atoms. The van der Waals surface area contributed by atoms with Gasteiger partial charge in [-0.2, -0.15) is 9.61 Å².